The summed E-state index contributed by atoms with van der Waals surface area (Å²) in [6.07, 6.45) is 10.0. The van der Waals surface area contributed by atoms with Gasteiger partial charge < -0.3 is 5.32 Å². The largest absolute Gasteiger partial charge is 0.307 e. The van der Waals surface area contributed by atoms with Gasteiger partial charge in [-0.25, -0.2) is 0 Å². The van der Waals surface area contributed by atoms with Crippen LogP contribution >= 0.6 is 0 Å². The SMILES string of the molecule is CC1Cc2ncccc2C(C2CCCCC2)N1. The van der Waals surface area contributed by atoms with Gasteiger partial charge in [0.25, 0.3) is 0 Å². The van der Waals surface area contributed by atoms with E-state index in [-0.39, 0.29) is 0 Å². The summed E-state index contributed by atoms with van der Waals surface area (Å²) in [7, 11) is 0. The molecule has 2 aliphatic rings. The van der Waals surface area contributed by atoms with Gasteiger partial charge in [0, 0.05) is 30.4 Å². The summed E-state index contributed by atoms with van der Waals surface area (Å²) in [6.45, 7) is 2.29. The minimum Gasteiger partial charge on any atom is -0.307 e. The summed E-state index contributed by atoms with van der Waals surface area (Å²) in [5.74, 6) is 0.828. The topological polar surface area (TPSA) is 24.9 Å². The van der Waals surface area contributed by atoms with Gasteiger partial charge in [-0.1, -0.05) is 25.3 Å². The Morgan fingerprint density at radius 3 is 2.88 bits per heavy atom. The van der Waals surface area contributed by atoms with Crippen LogP contribution in [0, 0.1) is 5.92 Å². The van der Waals surface area contributed by atoms with E-state index < -0.39 is 0 Å². The summed E-state index contributed by atoms with van der Waals surface area (Å²) in [6, 6.07) is 5.50. The van der Waals surface area contributed by atoms with Crippen molar-refractivity contribution in [3.8, 4) is 0 Å². The Bertz CT molecular complexity index is 382. The first-order chi connectivity index (χ1) is 8.34. The molecule has 0 radical (unpaired) electrons. The third-order valence-corrected chi connectivity index (χ3v) is 4.35. The molecule has 1 aromatic rings. The van der Waals surface area contributed by atoms with Gasteiger partial charge in [-0.3, -0.25) is 4.98 Å². The van der Waals surface area contributed by atoms with Gasteiger partial charge in [-0.15, -0.1) is 0 Å². The summed E-state index contributed by atoms with van der Waals surface area (Å²) in [5.41, 5.74) is 2.80. The highest BCUT2D eigenvalue weighted by atomic mass is 15.0. The van der Waals surface area contributed by atoms with Crippen LogP contribution in [0.15, 0.2) is 18.3 Å². The maximum absolute atomic E-state index is 4.57. The second-order valence-electron chi connectivity index (χ2n) is 5.69. The van der Waals surface area contributed by atoms with Crippen molar-refractivity contribution in [3.63, 3.8) is 0 Å². The van der Waals surface area contributed by atoms with Gasteiger partial charge in [-0.05, 0) is 37.3 Å². The Morgan fingerprint density at radius 2 is 2.06 bits per heavy atom. The van der Waals surface area contributed by atoms with Crippen LogP contribution in [-0.4, -0.2) is 11.0 Å². The van der Waals surface area contributed by atoms with Gasteiger partial charge in [0.05, 0.1) is 0 Å². The van der Waals surface area contributed by atoms with Crippen LogP contribution in [-0.2, 0) is 6.42 Å². The highest BCUT2D eigenvalue weighted by Crippen LogP contribution is 2.37. The van der Waals surface area contributed by atoms with E-state index in [0.717, 1.165) is 12.3 Å². The maximum Gasteiger partial charge on any atom is 0.0466 e. The molecule has 2 heteroatoms. The highest BCUT2D eigenvalue weighted by molar-refractivity contribution is 5.28. The molecule has 0 spiro atoms. The van der Waals surface area contributed by atoms with Crippen molar-refractivity contribution in [2.45, 2.75) is 57.5 Å². The van der Waals surface area contributed by atoms with Crippen molar-refractivity contribution in [1.29, 1.82) is 0 Å². The molecular weight excluding hydrogens is 208 g/mol. The number of aromatic nitrogens is 1. The molecule has 0 amide bonds. The predicted molar refractivity (Wildman–Crippen MR) is 69.9 cm³/mol. The Balaban J connectivity index is 1.88. The molecular formula is C15H22N2. The standard InChI is InChI=1S/C15H22N2/c1-11-10-14-13(8-5-9-16-14)15(17-11)12-6-3-2-4-7-12/h5,8-9,11-12,15,17H,2-4,6-7,10H2,1H3. The number of nitrogens with zero attached hydrogens (tertiary/aromatic N) is 1. The fraction of sp³-hybridized carbons (Fsp3) is 0.667. The fourth-order valence-corrected chi connectivity index (χ4v) is 3.51. The third kappa shape index (κ3) is 2.23. The number of rotatable bonds is 1. The quantitative estimate of drug-likeness (QED) is 0.801. The smallest absolute Gasteiger partial charge is 0.0466 e. The molecule has 1 aliphatic carbocycles. The Hall–Kier alpha value is -0.890. The average Bonchev–Trinajstić information content (AvgIpc) is 2.39. The van der Waals surface area contributed by atoms with Gasteiger partial charge >= 0.3 is 0 Å². The van der Waals surface area contributed by atoms with E-state index in [1.54, 1.807) is 0 Å². The van der Waals surface area contributed by atoms with E-state index in [1.807, 2.05) is 6.20 Å². The molecule has 0 aromatic carbocycles. The normalized spacial score (nSPS) is 29.9. The zero-order chi connectivity index (χ0) is 11.7. The Labute approximate surface area is 104 Å². The van der Waals surface area contributed by atoms with E-state index >= 15 is 0 Å². The molecule has 1 aliphatic heterocycles. The van der Waals surface area contributed by atoms with Gasteiger partial charge in [0.15, 0.2) is 0 Å². The van der Waals surface area contributed by atoms with Crippen molar-refractivity contribution >= 4 is 0 Å². The minimum absolute atomic E-state index is 0.558. The van der Waals surface area contributed by atoms with E-state index in [0.29, 0.717) is 12.1 Å². The maximum atomic E-state index is 4.57. The van der Waals surface area contributed by atoms with Crippen LogP contribution in [0.1, 0.15) is 56.3 Å². The number of hydrogen-bond acceptors (Lipinski definition) is 2. The van der Waals surface area contributed by atoms with Crippen LogP contribution in [0.25, 0.3) is 0 Å². The molecule has 1 saturated carbocycles. The lowest BCUT2D eigenvalue weighted by Crippen LogP contribution is -2.41. The van der Waals surface area contributed by atoms with Crippen molar-refractivity contribution in [2.75, 3.05) is 0 Å². The molecule has 0 bridgehead atoms. The Kier molecular flexibility index (Phi) is 3.15. The molecule has 2 nitrogen and oxygen atoms in total. The zero-order valence-electron chi connectivity index (χ0n) is 10.7. The zero-order valence-corrected chi connectivity index (χ0v) is 10.7. The first-order valence-corrected chi connectivity index (χ1v) is 7.04. The monoisotopic (exact) mass is 230 g/mol. The number of fused-ring (bicyclic) bond motifs is 1. The van der Waals surface area contributed by atoms with Crippen LogP contribution in [0.2, 0.25) is 0 Å². The summed E-state index contributed by atoms with van der Waals surface area (Å²) < 4.78 is 0. The highest BCUT2D eigenvalue weighted by Gasteiger charge is 2.31. The molecule has 1 fully saturated rings. The minimum atomic E-state index is 0.558. The lowest BCUT2D eigenvalue weighted by atomic mass is 9.78. The second kappa shape index (κ2) is 4.77. The first kappa shape index (κ1) is 11.2. The van der Waals surface area contributed by atoms with E-state index in [9.17, 15) is 0 Å². The van der Waals surface area contributed by atoms with Crippen molar-refractivity contribution in [3.05, 3.63) is 29.6 Å². The molecule has 1 aromatic heterocycles. The third-order valence-electron chi connectivity index (χ3n) is 4.35. The van der Waals surface area contributed by atoms with Crippen LogP contribution in [0.5, 0.6) is 0 Å². The molecule has 17 heavy (non-hydrogen) atoms. The van der Waals surface area contributed by atoms with Crippen LogP contribution in [0.4, 0.5) is 0 Å². The van der Waals surface area contributed by atoms with E-state index in [2.05, 4.69) is 29.4 Å². The second-order valence-corrected chi connectivity index (χ2v) is 5.69. The molecule has 2 atom stereocenters. The van der Waals surface area contributed by atoms with Crippen molar-refractivity contribution < 1.29 is 0 Å². The molecule has 92 valence electrons. The summed E-state index contributed by atoms with van der Waals surface area (Å²) >= 11 is 0. The van der Waals surface area contributed by atoms with Crippen molar-refractivity contribution in [1.82, 2.24) is 10.3 Å². The Morgan fingerprint density at radius 1 is 1.24 bits per heavy atom. The molecule has 0 saturated heterocycles. The molecule has 2 unspecified atom stereocenters. The number of hydrogen-bond donors (Lipinski definition) is 1. The summed E-state index contributed by atoms with van der Waals surface area (Å²) in [4.78, 5) is 4.57. The first-order valence-electron chi connectivity index (χ1n) is 7.04. The van der Waals surface area contributed by atoms with E-state index in [4.69, 9.17) is 0 Å². The number of pyridine rings is 1. The van der Waals surface area contributed by atoms with Crippen molar-refractivity contribution in [2.24, 2.45) is 5.92 Å². The van der Waals surface area contributed by atoms with Gasteiger partial charge in [-0.2, -0.15) is 0 Å². The summed E-state index contributed by atoms with van der Waals surface area (Å²) in [5, 5.41) is 3.80. The molecule has 3 rings (SSSR count). The average molecular weight is 230 g/mol. The number of nitrogens with one attached hydrogen (secondary N) is 1. The lowest BCUT2D eigenvalue weighted by Gasteiger charge is -2.37. The fourth-order valence-electron chi connectivity index (χ4n) is 3.51. The predicted octanol–water partition coefficient (Wildman–Crippen LogP) is 3.24. The molecule has 1 N–H and O–H groups in total. The van der Waals surface area contributed by atoms with Crippen LogP contribution < -0.4 is 5.32 Å². The lowest BCUT2D eigenvalue weighted by molar-refractivity contribution is 0.244. The van der Waals surface area contributed by atoms with Gasteiger partial charge in [0.2, 0.25) is 0 Å². The molecule has 2 heterocycles. The van der Waals surface area contributed by atoms with Crippen LogP contribution in [0.3, 0.4) is 0 Å². The van der Waals surface area contributed by atoms with Gasteiger partial charge in [0.1, 0.15) is 0 Å². The van der Waals surface area contributed by atoms with E-state index in [1.165, 1.54) is 43.4 Å².